The SMILES string of the molecule is C=C/C=C(\C)c1noc(C(=O)OCC)n1. The molecule has 1 aromatic heterocycles. The fraction of sp³-hybridized carbons (Fsp3) is 0.300. The lowest BCUT2D eigenvalue weighted by Gasteiger charge is -1.93. The summed E-state index contributed by atoms with van der Waals surface area (Å²) in [6.07, 6.45) is 3.33. The van der Waals surface area contributed by atoms with Gasteiger partial charge in [0.2, 0.25) is 0 Å². The second-order valence-corrected chi connectivity index (χ2v) is 2.73. The van der Waals surface area contributed by atoms with E-state index < -0.39 is 5.97 Å². The normalized spacial score (nSPS) is 11.2. The van der Waals surface area contributed by atoms with Crippen LogP contribution in [0.15, 0.2) is 23.3 Å². The summed E-state index contributed by atoms with van der Waals surface area (Å²) in [4.78, 5) is 15.1. The number of hydrogen-bond donors (Lipinski definition) is 0. The van der Waals surface area contributed by atoms with Crippen LogP contribution in [0, 0.1) is 0 Å². The Morgan fingerprint density at radius 2 is 2.40 bits per heavy atom. The van der Waals surface area contributed by atoms with Crippen molar-refractivity contribution in [2.24, 2.45) is 0 Å². The number of esters is 1. The first-order chi connectivity index (χ1) is 7.19. The Bertz CT molecular complexity index is 393. The van der Waals surface area contributed by atoms with Crippen LogP contribution in [0.25, 0.3) is 5.57 Å². The molecule has 5 heteroatoms. The fourth-order valence-corrected chi connectivity index (χ4v) is 0.911. The highest BCUT2D eigenvalue weighted by atomic mass is 16.6. The second-order valence-electron chi connectivity index (χ2n) is 2.73. The Hall–Kier alpha value is -1.91. The highest BCUT2D eigenvalue weighted by Crippen LogP contribution is 2.10. The summed E-state index contributed by atoms with van der Waals surface area (Å²) in [7, 11) is 0. The smallest absolute Gasteiger partial charge is 0.397 e. The van der Waals surface area contributed by atoms with Gasteiger partial charge in [0.25, 0.3) is 0 Å². The van der Waals surface area contributed by atoms with E-state index in [2.05, 4.69) is 16.7 Å². The molecule has 0 amide bonds. The number of hydrogen-bond acceptors (Lipinski definition) is 5. The first-order valence-corrected chi connectivity index (χ1v) is 4.49. The monoisotopic (exact) mass is 208 g/mol. The van der Waals surface area contributed by atoms with Crippen molar-refractivity contribution in [2.75, 3.05) is 6.61 Å². The summed E-state index contributed by atoms with van der Waals surface area (Å²) in [5.74, 6) is -0.385. The fourth-order valence-electron chi connectivity index (χ4n) is 0.911. The zero-order valence-corrected chi connectivity index (χ0v) is 8.69. The molecule has 0 N–H and O–H groups in total. The summed E-state index contributed by atoms with van der Waals surface area (Å²) in [6, 6.07) is 0. The predicted octanol–water partition coefficient (Wildman–Crippen LogP) is 1.84. The van der Waals surface area contributed by atoms with Crippen molar-refractivity contribution in [3.05, 3.63) is 30.4 Å². The van der Waals surface area contributed by atoms with Crippen LogP contribution in [-0.2, 0) is 4.74 Å². The molecule has 0 aromatic carbocycles. The van der Waals surface area contributed by atoms with Crippen molar-refractivity contribution in [1.82, 2.24) is 10.1 Å². The number of rotatable bonds is 4. The molecule has 80 valence electrons. The van der Waals surface area contributed by atoms with E-state index in [0.717, 1.165) is 5.57 Å². The Morgan fingerprint density at radius 3 is 3.00 bits per heavy atom. The summed E-state index contributed by atoms with van der Waals surface area (Å²) >= 11 is 0. The molecule has 1 aromatic rings. The van der Waals surface area contributed by atoms with Crippen LogP contribution in [0.3, 0.4) is 0 Å². The predicted molar refractivity (Wildman–Crippen MR) is 54.1 cm³/mol. The van der Waals surface area contributed by atoms with Crippen molar-refractivity contribution in [1.29, 1.82) is 0 Å². The van der Waals surface area contributed by atoms with E-state index in [4.69, 9.17) is 9.26 Å². The molecule has 0 atom stereocenters. The highest BCUT2D eigenvalue weighted by molar-refractivity contribution is 5.84. The minimum atomic E-state index is -0.609. The number of aromatic nitrogens is 2. The van der Waals surface area contributed by atoms with Gasteiger partial charge in [0.05, 0.1) is 6.61 Å². The molecule has 0 saturated carbocycles. The molecule has 0 radical (unpaired) electrons. The van der Waals surface area contributed by atoms with Crippen LogP contribution in [0.1, 0.15) is 30.4 Å². The van der Waals surface area contributed by atoms with Crippen molar-refractivity contribution < 1.29 is 14.1 Å². The molecule has 0 aliphatic rings. The molecule has 0 saturated heterocycles. The maximum absolute atomic E-state index is 11.2. The van der Waals surface area contributed by atoms with E-state index in [0.29, 0.717) is 5.82 Å². The van der Waals surface area contributed by atoms with Gasteiger partial charge in [0, 0.05) is 0 Å². The zero-order chi connectivity index (χ0) is 11.3. The van der Waals surface area contributed by atoms with E-state index >= 15 is 0 Å². The molecule has 0 unspecified atom stereocenters. The van der Waals surface area contributed by atoms with Gasteiger partial charge >= 0.3 is 11.9 Å². The van der Waals surface area contributed by atoms with Gasteiger partial charge in [-0.05, 0) is 19.4 Å². The largest absolute Gasteiger partial charge is 0.459 e. The van der Waals surface area contributed by atoms with Crippen LogP contribution in [-0.4, -0.2) is 22.7 Å². The topological polar surface area (TPSA) is 65.2 Å². The Kier molecular flexibility index (Phi) is 3.79. The van der Waals surface area contributed by atoms with Crippen molar-refractivity contribution in [2.45, 2.75) is 13.8 Å². The lowest BCUT2D eigenvalue weighted by Crippen LogP contribution is -2.04. The number of nitrogens with zero attached hydrogens (tertiary/aromatic N) is 2. The average Bonchev–Trinajstić information content (AvgIpc) is 2.67. The lowest BCUT2D eigenvalue weighted by molar-refractivity contribution is 0.0470. The van der Waals surface area contributed by atoms with Gasteiger partial charge in [-0.15, -0.1) is 0 Å². The third-order valence-corrected chi connectivity index (χ3v) is 1.60. The Labute approximate surface area is 87.4 Å². The maximum Gasteiger partial charge on any atom is 0.397 e. The molecule has 0 spiro atoms. The van der Waals surface area contributed by atoms with Crippen LogP contribution < -0.4 is 0 Å². The second kappa shape index (κ2) is 5.09. The van der Waals surface area contributed by atoms with E-state index in [1.165, 1.54) is 0 Å². The number of ether oxygens (including phenoxy) is 1. The third kappa shape index (κ3) is 2.77. The standard InChI is InChI=1S/C10H12N2O3/c1-4-6-7(3)8-11-9(15-12-8)10(13)14-5-2/h4,6H,1,5H2,2-3H3/b7-6+. The number of carbonyl (C=O) groups is 1. The molecule has 15 heavy (non-hydrogen) atoms. The van der Waals surface area contributed by atoms with Crippen molar-refractivity contribution in [3.8, 4) is 0 Å². The van der Waals surface area contributed by atoms with Crippen LogP contribution in [0.4, 0.5) is 0 Å². The highest BCUT2D eigenvalue weighted by Gasteiger charge is 2.16. The minimum Gasteiger partial charge on any atom is -0.459 e. The van der Waals surface area contributed by atoms with E-state index in [-0.39, 0.29) is 12.5 Å². The molecule has 5 nitrogen and oxygen atoms in total. The van der Waals surface area contributed by atoms with Crippen LogP contribution >= 0.6 is 0 Å². The van der Waals surface area contributed by atoms with E-state index in [1.54, 1.807) is 26.0 Å². The van der Waals surface area contributed by atoms with E-state index in [1.807, 2.05) is 0 Å². The molecule has 0 aliphatic heterocycles. The van der Waals surface area contributed by atoms with Gasteiger partial charge in [-0.3, -0.25) is 0 Å². The molecule has 0 bridgehead atoms. The number of allylic oxidation sites excluding steroid dienone is 3. The van der Waals surface area contributed by atoms with Gasteiger partial charge in [0.15, 0.2) is 5.82 Å². The summed E-state index contributed by atoms with van der Waals surface area (Å²) in [6.45, 7) is 7.32. The molecule has 0 aliphatic carbocycles. The van der Waals surface area contributed by atoms with Gasteiger partial charge in [-0.2, -0.15) is 4.98 Å². The minimum absolute atomic E-state index is 0.135. The van der Waals surface area contributed by atoms with Crippen LogP contribution in [0.5, 0.6) is 0 Å². The first kappa shape index (κ1) is 11.2. The Morgan fingerprint density at radius 1 is 1.67 bits per heavy atom. The maximum atomic E-state index is 11.2. The molecule has 1 rings (SSSR count). The first-order valence-electron chi connectivity index (χ1n) is 4.49. The quantitative estimate of drug-likeness (QED) is 0.558. The lowest BCUT2D eigenvalue weighted by atomic mass is 10.3. The molecular formula is C10H12N2O3. The van der Waals surface area contributed by atoms with Crippen molar-refractivity contribution >= 4 is 11.5 Å². The van der Waals surface area contributed by atoms with Gasteiger partial charge < -0.3 is 9.26 Å². The van der Waals surface area contributed by atoms with Gasteiger partial charge in [-0.1, -0.05) is 23.9 Å². The number of carbonyl (C=O) groups excluding carboxylic acids is 1. The molecule has 1 heterocycles. The van der Waals surface area contributed by atoms with E-state index in [9.17, 15) is 4.79 Å². The van der Waals surface area contributed by atoms with Gasteiger partial charge in [-0.25, -0.2) is 4.79 Å². The van der Waals surface area contributed by atoms with Gasteiger partial charge in [0.1, 0.15) is 0 Å². The van der Waals surface area contributed by atoms with Crippen molar-refractivity contribution in [3.63, 3.8) is 0 Å². The van der Waals surface area contributed by atoms with Crippen LogP contribution in [0.2, 0.25) is 0 Å². The third-order valence-electron chi connectivity index (χ3n) is 1.60. The average molecular weight is 208 g/mol. The zero-order valence-electron chi connectivity index (χ0n) is 8.69. The molecule has 0 fully saturated rings. The summed E-state index contributed by atoms with van der Waals surface area (Å²) in [5, 5.41) is 3.64. The summed E-state index contributed by atoms with van der Waals surface area (Å²) < 4.78 is 9.44. The Balaban J connectivity index is 2.85. The summed E-state index contributed by atoms with van der Waals surface area (Å²) in [5.41, 5.74) is 0.768. The molecular weight excluding hydrogens is 196 g/mol.